The molecule has 0 radical (unpaired) electrons. The SMILES string of the molecule is COc1cccc(CN2CCC(CN[C@H](C)c3cccc4ccccc34)C(c3ccccc3)C2)c1. The molecule has 0 aromatic heterocycles. The van der Waals surface area contributed by atoms with E-state index in [1.165, 1.54) is 33.9 Å². The fourth-order valence-corrected chi connectivity index (χ4v) is 5.63. The van der Waals surface area contributed by atoms with Gasteiger partial charge in [0.2, 0.25) is 0 Å². The Hall–Kier alpha value is -3.14. The monoisotopic (exact) mass is 464 g/mol. The maximum Gasteiger partial charge on any atom is 0.119 e. The molecule has 2 unspecified atom stereocenters. The van der Waals surface area contributed by atoms with Crippen molar-refractivity contribution < 1.29 is 4.74 Å². The third-order valence-corrected chi connectivity index (χ3v) is 7.58. The van der Waals surface area contributed by atoms with E-state index in [1.54, 1.807) is 7.11 Å². The summed E-state index contributed by atoms with van der Waals surface area (Å²) in [5.41, 5.74) is 4.15. The Morgan fingerprint density at radius 3 is 2.54 bits per heavy atom. The Kier molecular flexibility index (Phi) is 7.46. The summed E-state index contributed by atoms with van der Waals surface area (Å²) in [6.45, 7) is 6.49. The Bertz CT molecular complexity index is 1230. The molecule has 1 aliphatic rings. The van der Waals surface area contributed by atoms with Gasteiger partial charge in [-0.15, -0.1) is 0 Å². The summed E-state index contributed by atoms with van der Waals surface area (Å²) in [6.07, 6.45) is 1.19. The van der Waals surface area contributed by atoms with E-state index in [1.807, 2.05) is 6.07 Å². The Morgan fingerprint density at radius 1 is 0.914 bits per heavy atom. The molecule has 3 atom stereocenters. The summed E-state index contributed by atoms with van der Waals surface area (Å²) in [7, 11) is 1.74. The van der Waals surface area contributed by atoms with Gasteiger partial charge in [-0.25, -0.2) is 0 Å². The lowest BCUT2D eigenvalue weighted by atomic mass is 9.80. The molecule has 35 heavy (non-hydrogen) atoms. The van der Waals surface area contributed by atoms with Gasteiger partial charge in [0, 0.05) is 25.0 Å². The van der Waals surface area contributed by atoms with Crippen LogP contribution in [0.1, 0.15) is 42.0 Å². The number of likely N-dealkylation sites (tertiary alicyclic amines) is 1. The highest BCUT2D eigenvalue weighted by atomic mass is 16.5. The van der Waals surface area contributed by atoms with Crippen LogP contribution in [0.2, 0.25) is 0 Å². The van der Waals surface area contributed by atoms with Crippen molar-refractivity contribution in [2.24, 2.45) is 5.92 Å². The van der Waals surface area contributed by atoms with Crippen molar-refractivity contribution in [3.63, 3.8) is 0 Å². The number of hydrogen-bond acceptors (Lipinski definition) is 3. The molecule has 0 saturated carbocycles. The zero-order valence-corrected chi connectivity index (χ0v) is 20.9. The number of rotatable bonds is 8. The predicted octanol–water partition coefficient (Wildman–Crippen LogP) is 6.80. The van der Waals surface area contributed by atoms with Crippen LogP contribution in [-0.4, -0.2) is 31.6 Å². The molecule has 3 nitrogen and oxygen atoms in total. The summed E-state index contributed by atoms with van der Waals surface area (Å²) in [5, 5.41) is 6.57. The summed E-state index contributed by atoms with van der Waals surface area (Å²) in [6, 6.07) is 35.2. The molecule has 0 bridgehead atoms. The lowest BCUT2D eigenvalue weighted by Crippen LogP contribution is -2.42. The van der Waals surface area contributed by atoms with E-state index < -0.39 is 0 Å². The van der Waals surface area contributed by atoms with Crippen LogP contribution < -0.4 is 10.1 Å². The highest BCUT2D eigenvalue weighted by Crippen LogP contribution is 2.34. The molecule has 3 heteroatoms. The molecular formula is C32H36N2O. The summed E-state index contributed by atoms with van der Waals surface area (Å²) >= 11 is 0. The van der Waals surface area contributed by atoms with Gasteiger partial charge in [-0.05, 0) is 71.9 Å². The van der Waals surface area contributed by atoms with Crippen molar-refractivity contribution in [2.75, 3.05) is 26.7 Å². The number of nitrogens with zero attached hydrogens (tertiary/aromatic N) is 1. The van der Waals surface area contributed by atoms with Gasteiger partial charge in [-0.2, -0.15) is 0 Å². The van der Waals surface area contributed by atoms with Gasteiger partial charge in [0.15, 0.2) is 0 Å². The van der Waals surface area contributed by atoms with Crippen LogP contribution >= 0.6 is 0 Å². The molecule has 0 aliphatic carbocycles. The fraction of sp³-hybridized carbons (Fsp3) is 0.312. The maximum absolute atomic E-state index is 5.44. The molecule has 1 fully saturated rings. The average Bonchev–Trinajstić information content (AvgIpc) is 2.92. The summed E-state index contributed by atoms with van der Waals surface area (Å²) in [4.78, 5) is 2.61. The van der Waals surface area contributed by atoms with Crippen LogP contribution in [0.15, 0.2) is 97.1 Å². The fourth-order valence-electron chi connectivity index (χ4n) is 5.63. The number of benzene rings is 4. The van der Waals surface area contributed by atoms with Gasteiger partial charge in [0.25, 0.3) is 0 Å². The minimum atomic E-state index is 0.312. The predicted molar refractivity (Wildman–Crippen MR) is 146 cm³/mol. The summed E-state index contributed by atoms with van der Waals surface area (Å²) in [5.74, 6) is 2.06. The van der Waals surface area contributed by atoms with Crippen molar-refractivity contribution in [3.05, 3.63) is 114 Å². The van der Waals surface area contributed by atoms with E-state index in [9.17, 15) is 0 Å². The van der Waals surface area contributed by atoms with E-state index in [0.29, 0.717) is 17.9 Å². The smallest absolute Gasteiger partial charge is 0.119 e. The number of piperidine rings is 1. The molecule has 180 valence electrons. The third kappa shape index (κ3) is 5.58. The van der Waals surface area contributed by atoms with Gasteiger partial charge in [-0.1, -0.05) is 84.9 Å². The largest absolute Gasteiger partial charge is 0.497 e. The van der Waals surface area contributed by atoms with Gasteiger partial charge in [0.05, 0.1) is 7.11 Å². The second-order valence-electron chi connectivity index (χ2n) is 9.85. The van der Waals surface area contributed by atoms with Gasteiger partial charge < -0.3 is 10.1 Å². The van der Waals surface area contributed by atoms with E-state index >= 15 is 0 Å². The van der Waals surface area contributed by atoms with Crippen LogP contribution in [0.3, 0.4) is 0 Å². The molecule has 0 spiro atoms. The summed E-state index contributed by atoms with van der Waals surface area (Å²) < 4.78 is 5.44. The average molecular weight is 465 g/mol. The van der Waals surface area contributed by atoms with Crippen LogP contribution in [0.25, 0.3) is 10.8 Å². The quantitative estimate of drug-likeness (QED) is 0.310. The van der Waals surface area contributed by atoms with Gasteiger partial charge in [-0.3, -0.25) is 4.90 Å². The Labute approximate surface area is 209 Å². The van der Waals surface area contributed by atoms with Crippen LogP contribution in [0, 0.1) is 5.92 Å². The molecule has 4 aromatic carbocycles. The van der Waals surface area contributed by atoms with Crippen LogP contribution in [0.4, 0.5) is 0 Å². The molecule has 1 N–H and O–H groups in total. The number of ether oxygens (including phenoxy) is 1. The highest BCUT2D eigenvalue weighted by molar-refractivity contribution is 5.86. The number of nitrogens with one attached hydrogen (secondary N) is 1. The first-order valence-electron chi connectivity index (χ1n) is 12.8. The lowest BCUT2D eigenvalue weighted by Gasteiger charge is -2.39. The van der Waals surface area contributed by atoms with Crippen molar-refractivity contribution in [2.45, 2.75) is 31.8 Å². The molecule has 1 aliphatic heterocycles. The number of fused-ring (bicyclic) bond motifs is 1. The number of hydrogen-bond donors (Lipinski definition) is 1. The minimum Gasteiger partial charge on any atom is -0.497 e. The van der Waals surface area contributed by atoms with E-state index in [4.69, 9.17) is 4.74 Å². The molecule has 4 aromatic rings. The Morgan fingerprint density at radius 2 is 1.69 bits per heavy atom. The Balaban J connectivity index is 1.29. The van der Waals surface area contributed by atoms with Gasteiger partial charge in [0.1, 0.15) is 5.75 Å². The first-order valence-corrected chi connectivity index (χ1v) is 12.8. The first kappa shape index (κ1) is 23.6. The van der Waals surface area contributed by atoms with Crippen molar-refractivity contribution in [1.82, 2.24) is 10.2 Å². The van der Waals surface area contributed by atoms with Crippen molar-refractivity contribution >= 4 is 10.8 Å². The van der Waals surface area contributed by atoms with E-state index in [0.717, 1.165) is 31.9 Å². The zero-order chi connectivity index (χ0) is 24.0. The highest BCUT2D eigenvalue weighted by Gasteiger charge is 2.30. The second kappa shape index (κ2) is 11.1. The van der Waals surface area contributed by atoms with E-state index in [-0.39, 0.29) is 0 Å². The first-order chi connectivity index (χ1) is 17.2. The normalized spacial score (nSPS) is 19.5. The topological polar surface area (TPSA) is 24.5 Å². The molecule has 5 rings (SSSR count). The molecule has 0 amide bonds. The second-order valence-corrected chi connectivity index (χ2v) is 9.85. The lowest BCUT2D eigenvalue weighted by molar-refractivity contribution is 0.148. The standard InChI is InChI=1S/C32H36N2O/c1-24(30-17-9-14-26-13-6-7-16-31(26)30)33-21-28-18-19-34(22-25-10-8-15-29(20-25)35-2)23-32(28)27-11-4-3-5-12-27/h3-17,20,24,28,32-33H,18-19,21-23H2,1-2H3/t24-,28?,32?/m1/s1. The molecular weight excluding hydrogens is 428 g/mol. The van der Waals surface area contributed by atoms with Crippen LogP contribution in [0.5, 0.6) is 5.75 Å². The van der Waals surface area contributed by atoms with Crippen molar-refractivity contribution in [1.29, 1.82) is 0 Å². The van der Waals surface area contributed by atoms with E-state index in [2.05, 4.69) is 108 Å². The van der Waals surface area contributed by atoms with Gasteiger partial charge >= 0.3 is 0 Å². The third-order valence-electron chi connectivity index (χ3n) is 7.58. The number of methoxy groups -OCH3 is 1. The molecule has 1 heterocycles. The molecule has 1 saturated heterocycles. The van der Waals surface area contributed by atoms with Crippen LogP contribution in [-0.2, 0) is 6.54 Å². The zero-order valence-electron chi connectivity index (χ0n) is 20.9. The van der Waals surface area contributed by atoms with Crippen molar-refractivity contribution in [3.8, 4) is 5.75 Å². The maximum atomic E-state index is 5.44. The minimum absolute atomic E-state index is 0.312.